The summed E-state index contributed by atoms with van der Waals surface area (Å²) >= 11 is 0. The first kappa shape index (κ1) is 26.9. The van der Waals surface area contributed by atoms with Crippen molar-refractivity contribution in [2.24, 2.45) is 11.8 Å². The van der Waals surface area contributed by atoms with Gasteiger partial charge in [-0.1, -0.05) is 41.0 Å². The molecule has 0 N–H and O–H groups in total. The van der Waals surface area contributed by atoms with Crippen LogP contribution in [-0.2, 0) is 0 Å². The van der Waals surface area contributed by atoms with Crippen molar-refractivity contribution in [3.05, 3.63) is 0 Å². The molecule has 0 aliphatic carbocycles. The summed E-state index contributed by atoms with van der Waals surface area (Å²) in [5, 5.41) is 0. The Morgan fingerprint density at radius 3 is 1.59 bits per heavy atom. The van der Waals surface area contributed by atoms with Gasteiger partial charge in [0.25, 0.3) is 0 Å². The average Bonchev–Trinajstić information content (AvgIpc) is 3.07. The summed E-state index contributed by atoms with van der Waals surface area (Å²) in [5.41, 5.74) is 0. The second kappa shape index (κ2) is 15.8. The summed E-state index contributed by atoms with van der Waals surface area (Å²) in [6.07, 6.45) is 9.89. The van der Waals surface area contributed by atoms with Crippen LogP contribution in [-0.4, -0.2) is 74.1 Å². The van der Waals surface area contributed by atoms with Gasteiger partial charge in [-0.15, -0.1) is 0 Å². The van der Waals surface area contributed by atoms with Crippen molar-refractivity contribution in [2.75, 3.05) is 47.3 Å². The Balaban J connectivity index is 0.000000359. The van der Waals surface area contributed by atoms with Crippen molar-refractivity contribution in [1.82, 2.24) is 14.7 Å². The minimum Gasteiger partial charge on any atom is -0.306 e. The quantitative estimate of drug-likeness (QED) is 0.583. The summed E-state index contributed by atoms with van der Waals surface area (Å²) in [7, 11) is 6.65. The minimum atomic E-state index is 0.837. The van der Waals surface area contributed by atoms with Crippen molar-refractivity contribution in [3.63, 3.8) is 0 Å². The maximum Gasteiger partial charge on any atom is 0.0116 e. The number of hydrogen-bond donors (Lipinski definition) is 0. The summed E-state index contributed by atoms with van der Waals surface area (Å²) in [6.45, 7) is 18.5. The van der Waals surface area contributed by atoms with Crippen LogP contribution in [0.25, 0.3) is 0 Å². The lowest BCUT2D eigenvalue weighted by atomic mass is 10.0. The lowest BCUT2D eigenvalue weighted by Gasteiger charge is -2.29. The van der Waals surface area contributed by atoms with Gasteiger partial charge in [0.2, 0.25) is 0 Å². The number of likely N-dealkylation sites (tertiary alicyclic amines) is 3. The number of nitrogens with zero attached hydrogens (tertiary/aromatic N) is 3. The summed E-state index contributed by atoms with van der Waals surface area (Å²) in [4.78, 5) is 7.32. The smallest absolute Gasteiger partial charge is 0.0116 e. The van der Waals surface area contributed by atoms with Gasteiger partial charge in [-0.2, -0.15) is 0 Å². The van der Waals surface area contributed by atoms with Gasteiger partial charge in [-0.25, -0.2) is 0 Å². The Bertz CT molecular complexity index is 314. The Morgan fingerprint density at radius 2 is 1.30 bits per heavy atom. The second-order valence-electron chi connectivity index (χ2n) is 9.27. The first-order valence-electron chi connectivity index (χ1n) is 11.9. The van der Waals surface area contributed by atoms with E-state index < -0.39 is 0 Å². The number of hydrogen-bond acceptors (Lipinski definition) is 3. The predicted molar refractivity (Wildman–Crippen MR) is 124 cm³/mol. The SMILES string of the molecule is CC.CC(C)C1CCCN1C.CC1CCCCN1C.CC1CCCN(C)C1. The van der Waals surface area contributed by atoms with Crippen LogP contribution in [0.5, 0.6) is 0 Å². The highest BCUT2D eigenvalue weighted by atomic mass is 15.1. The van der Waals surface area contributed by atoms with Gasteiger partial charge >= 0.3 is 0 Å². The minimum absolute atomic E-state index is 0.837. The molecule has 3 unspecified atom stereocenters. The molecule has 0 spiro atoms. The maximum atomic E-state index is 2.48. The van der Waals surface area contributed by atoms with E-state index in [-0.39, 0.29) is 0 Å². The molecule has 3 atom stereocenters. The van der Waals surface area contributed by atoms with Crippen LogP contribution in [0.3, 0.4) is 0 Å². The molecule has 3 rings (SSSR count). The van der Waals surface area contributed by atoms with Crippen molar-refractivity contribution >= 4 is 0 Å². The van der Waals surface area contributed by atoms with Gasteiger partial charge in [0.05, 0.1) is 0 Å². The van der Waals surface area contributed by atoms with Gasteiger partial charge in [-0.3, -0.25) is 0 Å². The van der Waals surface area contributed by atoms with Crippen LogP contribution in [0.1, 0.15) is 86.5 Å². The molecule has 3 aliphatic heterocycles. The van der Waals surface area contributed by atoms with E-state index in [9.17, 15) is 0 Å². The van der Waals surface area contributed by atoms with E-state index in [2.05, 4.69) is 63.5 Å². The third-order valence-corrected chi connectivity index (χ3v) is 6.34. The highest BCUT2D eigenvalue weighted by Crippen LogP contribution is 2.21. The van der Waals surface area contributed by atoms with Gasteiger partial charge in [-0.05, 0) is 98.1 Å². The van der Waals surface area contributed by atoms with E-state index in [4.69, 9.17) is 0 Å². The summed E-state index contributed by atoms with van der Waals surface area (Å²) in [5.74, 6) is 1.78. The zero-order valence-electron chi connectivity index (χ0n) is 20.4. The third-order valence-electron chi connectivity index (χ3n) is 6.34. The molecule has 164 valence electrons. The lowest BCUT2D eigenvalue weighted by molar-refractivity contribution is 0.200. The van der Waals surface area contributed by atoms with E-state index >= 15 is 0 Å². The van der Waals surface area contributed by atoms with Gasteiger partial charge in [0.1, 0.15) is 0 Å². The fourth-order valence-electron chi connectivity index (χ4n) is 4.44. The molecule has 0 bridgehead atoms. The summed E-state index contributed by atoms with van der Waals surface area (Å²) < 4.78 is 0. The molecule has 3 saturated heterocycles. The predicted octanol–water partition coefficient (Wildman–Crippen LogP) is 5.60. The Hall–Kier alpha value is -0.120. The molecule has 27 heavy (non-hydrogen) atoms. The van der Waals surface area contributed by atoms with Crippen LogP contribution in [0.15, 0.2) is 0 Å². The molecular formula is C24H53N3. The van der Waals surface area contributed by atoms with Crippen molar-refractivity contribution in [3.8, 4) is 0 Å². The van der Waals surface area contributed by atoms with E-state index in [1.165, 1.54) is 71.1 Å². The fourth-order valence-corrected chi connectivity index (χ4v) is 4.44. The van der Waals surface area contributed by atoms with E-state index in [1.54, 1.807) is 0 Å². The van der Waals surface area contributed by atoms with Gasteiger partial charge in [0.15, 0.2) is 0 Å². The Kier molecular flexibility index (Phi) is 15.7. The van der Waals surface area contributed by atoms with Crippen LogP contribution < -0.4 is 0 Å². The molecule has 3 heterocycles. The van der Waals surface area contributed by atoms with Crippen LogP contribution in [0, 0.1) is 11.8 Å². The van der Waals surface area contributed by atoms with E-state index in [0.29, 0.717) is 0 Å². The van der Waals surface area contributed by atoms with Gasteiger partial charge < -0.3 is 14.7 Å². The van der Waals surface area contributed by atoms with Crippen LogP contribution in [0.4, 0.5) is 0 Å². The zero-order valence-corrected chi connectivity index (χ0v) is 20.4. The first-order chi connectivity index (χ1) is 12.8. The highest BCUT2D eigenvalue weighted by molar-refractivity contribution is 4.78. The lowest BCUT2D eigenvalue weighted by Crippen LogP contribution is -2.33. The standard InChI is InChI=1S/C8H17N.2C7H15N.C2H6/c1-7(2)8-5-4-6-9(8)3;1-7-4-3-5-8(2)6-7;1-7-5-3-4-6-8(7)2;1-2/h7-8H,4-6H2,1-3H3;2*7H,3-6H2,1-2H3;1-2H3. The molecule has 0 aromatic carbocycles. The van der Waals surface area contributed by atoms with Crippen molar-refractivity contribution in [2.45, 2.75) is 98.6 Å². The van der Waals surface area contributed by atoms with Gasteiger partial charge in [0, 0.05) is 18.6 Å². The molecule has 3 aliphatic rings. The average molecular weight is 384 g/mol. The van der Waals surface area contributed by atoms with Crippen molar-refractivity contribution < 1.29 is 0 Å². The Morgan fingerprint density at radius 1 is 0.704 bits per heavy atom. The number of piperidine rings is 2. The molecular weight excluding hydrogens is 330 g/mol. The summed E-state index contributed by atoms with van der Waals surface area (Å²) in [6, 6.07) is 1.70. The van der Waals surface area contributed by atoms with E-state index in [1.807, 2.05) is 13.8 Å². The number of rotatable bonds is 1. The molecule has 3 heteroatoms. The second-order valence-corrected chi connectivity index (χ2v) is 9.27. The molecule has 0 radical (unpaired) electrons. The molecule has 0 saturated carbocycles. The van der Waals surface area contributed by atoms with Crippen LogP contribution in [0.2, 0.25) is 0 Å². The monoisotopic (exact) mass is 383 g/mol. The molecule has 0 aromatic rings. The molecule has 0 aromatic heterocycles. The maximum absolute atomic E-state index is 2.48. The van der Waals surface area contributed by atoms with Crippen LogP contribution >= 0.6 is 0 Å². The molecule has 3 fully saturated rings. The molecule has 0 amide bonds. The Labute approximate surface area is 172 Å². The van der Waals surface area contributed by atoms with Crippen molar-refractivity contribution in [1.29, 1.82) is 0 Å². The topological polar surface area (TPSA) is 9.72 Å². The highest BCUT2D eigenvalue weighted by Gasteiger charge is 2.22. The fraction of sp³-hybridized carbons (Fsp3) is 1.00. The largest absolute Gasteiger partial charge is 0.306 e. The third kappa shape index (κ3) is 12.1. The normalized spacial score (nSPS) is 29.8. The molecule has 3 nitrogen and oxygen atoms in total. The first-order valence-corrected chi connectivity index (χ1v) is 11.9. The zero-order chi connectivity index (χ0) is 20.8. The van der Waals surface area contributed by atoms with E-state index in [0.717, 1.165) is 23.9 Å².